The SMILES string of the molecule is CCOc1ccccc1C=C1SC(=S)N(c2cccc(C(=O)[O-])c2)C1=O. The Labute approximate surface area is 160 Å². The molecule has 5 nitrogen and oxygen atoms in total. The minimum Gasteiger partial charge on any atom is -0.545 e. The van der Waals surface area contributed by atoms with Crippen LogP contribution in [-0.4, -0.2) is 22.8 Å². The number of thioether (sulfide) groups is 1. The molecule has 0 unspecified atom stereocenters. The lowest BCUT2D eigenvalue weighted by Crippen LogP contribution is -2.28. The van der Waals surface area contributed by atoms with Gasteiger partial charge in [0.2, 0.25) is 0 Å². The quantitative estimate of drug-likeness (QED) is 0.583. The van der Waals surface area contributed by atoms with Crippen LogP contribution in [0, 0.1) is 0 Å². The number of nitrogens with zero attached hydrogens (tertiary/aromatic N) is 1. The molecular formula is C19H14NO4S2-. The number of carbonyl (C=O) groups excluding carboxylic acids is 2. The second-order valence-corrected chi connectivity index (χ2v) is 7.00. The third kappa shape index (κ3) is 3.63. The van der Waals surface area contributed by atoms with Gasteiger partial charge in [0.25, 0.3) is 5.91 Å². The molecule has 132 valence electrons. The average Bonchev–Trinajstić information content (AvgIpc) is 2.90. The maximum atomic E-state index is 12.8. The molecule has 0 aliphatic carbocycles. The number of benzene rings is 2. The molecule has 1 saturated heterocycles. The van der Waals surface area contributed by atoms with E-state index >= 15 is 0 Å². The molecular weight excluding hydrogens is 370 g/mol. The minimum atomic E-state index is -1.31. The van der Waals surface area contributed by atoms with Crippen molar-refractivity contribution in [2.45, 2.75) is 6.92 Å². The van der Waals surface area contributed by atoms with Crippen molar-refractivity contribution in [2.24, 2.45) is 0 Å². The first-order valence-electron chi connectivity index (χ1n) is 7.82. The molecule has 1 fully saturated rings. The fraction of sp³-hybridized carbons (Fsp3) is 0.105. The molecule has 1 heterocycles. The number of rotatable bonds is 5. The molecule has 0 saturated carbocycles. The standard InChI is InChI=1S/C19H15NO4S2/c1-2-24-15-9-4-3-6-12(15)11-16-17(21)20(19(25)26-16)14-8-5-7-13(10-14)18(22)23/h3-11H,2H2,1H3,(H,22,23)/p-1. The van der Waals surface area contributed by atoms with Gasteiger partial charge in [-0.2, -0.15) is 0 Å². The van der Waals surface area contributed by atoms with E-state index in [0.29, 0.717) is 27.3 Å². The normalized spacial score (nSPS) is 15.6. The number of hydrogen-bond donors (Lipinski definition) is 0. The van der Waals surface area contributed by atoms with Crippen LogP contribution in [0.4, 0.5) is 5.69 Å². The summed E-state index contributed by atoms with van der Waals surface area (Å²) in [7, 11) is 0. The molecule has 1 amide bonds. The summed E-state index contributed by atoms with van der Waals surface area (Å²) in [5, 5.41) is 11.1. The van der Waals surface area contributed by atoms with Gasteiger partial charge in [-0.15, -0.1) is 0 Å². The molecule has 2 aromatic carbocycles. The number of carboxylic acid groups (broad SMARTS) is 1. The van der Waals surface area contributed by atoms with E-state index in [0.717, 1.165) is 17.3 Å². The molecule has 0 aromatic heterocycles. The molecule has 1 aliphatic rings. The zero-order valence-corrected chi connectivity index (χ0v) is 15.4. The van der Waals surface area contributed by atoms with Gasteiger partial charge in [-0.25, -0.2) is 0 Å². The first kappa shape index (κ1) is 18.2. The van der Waals surface area contributed by atoms with E-state index in [1.165, 1.54) is 17.0 Å². The fourth-order valence-electron chi connectivity index (χ4n) is 2.49. The van der Waals surface area contributed by atoms with E-state index < -0.39 is 5.97 Å². The van der Waals surface area contributed by atoms with Crippen molar-refractivity contribution in [3.8, 4) is 5.75 Å². The van der Waals surface area contributed by atoms with Crippen LogP contribution in [0.25, 0.3) is 6.08 Å². The number of carboxylic acids is 1. The smallest absolute Gasteiger partial charge is 0.270 e. The highest BCUT2D eigenvalue weighted by Gasteiger charge is 2.33. The Morgan fingerprint density at radius 2 is 2.04 bits per heavy atom. The summed E-state index contributed by atoms with van der Waals surface area (Å²) in [6.45, 7) is 2.41. The number of ether oxygens (including phenoxy) is 1. The van der Waals surface area contributed by atoms with Crippen LogP contribution >= 0.6 is 24.0 Å². The van der Waals surface area contributed by atoms with Crippen LogP contribution in [-0.2, 0) is 4.79 Å². The van der Waals surface area contributed by atoms with Crippen molar-refractivity contribution < 1.29 is 19.4 Å². The van der Waals surface area contributed by atoms with E-state index in [1.54, 1.807) is 18.2 Å². The summed E-state index contributed by atoms with van der Waals surface area (Å²) in [5.41, 5.74) is 1.16. The molecule has 1 aliphatic heterocycles. The molecule has 7 heteroatoms. The lowest BCUT2D eigenvalue weighted by Gasteiger charge is -2.16. The Balaban J connectivity index is 1.95. The molecule has 0 atom stereocenters. The number of carbonyl (C=O) groups is 2. The lowest BCUT2D eigenvalue weighted by atomic mass is 10.1. The number of thiocarbonyl (C=S) groups is 1. The van der Waals surface area contributed by atoms with Crippen LogP contribution in [0.1, 0.15) is 22.8 Å². The van der Waals surface area contributed by atoms with Crippen LogP contribution in [0.2, 0.25) is 0 Å². The number of amides is 1. The third-order valence-electron chi connectivity index (χ3n) is 3.64. The maximum absolute atomic E-state index is 12.8. The number of anilines is 1. The lowest BCUT2D eigenvalue weighted by molar-refractivity contribution is -0.255. The molecule has 2 aromatic rings. The Morgan fingerprint density at radius 1 is 1.27 bits per heavy atom. The fourth-order valence-corrected chi connectivity index (χ4v) is 3.78. The van der Waals surface area contributed by atoms with E-state index in [-0.39, 0.29) is 11.5 Å². The van der Waals surface area contributed by atoms with Gasteiger partial charge >= 0.3 is 0 Å². The highest BCUT2D eigenvalue weighted by Crippen LogP contribution is 2.37. The minimum absolute atomic E-state index is 0.0118. The van der Waals surface area contributed by atoms with Crippen LogP contribution < -0.4 is 14.7 Å². The van der Waals surface area contributed by atoms with Crippen LogP contribution in [0.5, 0.6) is 5.75 Å². The Bertz CT molecular complexity index is 923. The summed E-state index contributed by atoms with van der Waals surface area (Å²) in [5.74, 6) is -0.931. The second kappa shape index (κ2) is 7.72. The van der Waals surface area contributed by atoms with Gasteiger partial charge in [-0.05, 0) is 36.8 Å². The van der Waals surface area contributed by atoms with Gasteiger partial charge in [0, 0.05) is 5.56 Å². The topological polar surface area (TPSA) is 69.7 Å². The molecule has 0 N–H and O–H groups in total. The van der Waals surface area contributed by atoms with Crippen molar-refractivity contribution >= 4 is 51.9 Å². The third-order valence-corrected chi connectivity index (χ3v) is 4.94. The van der Waals surface area contributed by atoms with Gasteiger partial charge in [-0.3, -0.25) is 9.69 Å². The highest BCUT2D eigenvalue weighted by atomic mass is 32.2. The van der Waals surface area contributed by atoms with Gasteiger partial charge in [-0.1, -0.05) is 54.3 Å². The Morgan fingerprint density at radius 3 is 2.77 bits per heavy atom. The Hall–Kier alpha value is -2.64. The monoisotopic (exact) mass is 384 g/mol. The molecule has 26 heavy (non-hydrogen) atoms. The van der Waals surface area contributed by atoms with E-state index in [9.17, 15) is 14.7 Å². The van der Waals surface area contributed by atoms with Gasteiger partial charge in [0.15, 0.2) is 4.32 Å². The predicted molar refractivity (Wildman–Crippen MR) is 104 cm³/mol. The number of aromatic carboxylic acids is 1. The van der Waals surface area contributed by atoms with E-state index in [1.807, 2.05) is 31.2 Å². The van der Waals surface area contributed by atoms with Gasteiger partial charge < -0.3 is 14.6 Å². The summed E-state index contributed by atoms with van der Waals surface area (Å²) < 4.78 is 5.92. The van der Waals surface area contributed by atoms with Crippen molar-refractivity contribution in [3.05, 3.63) is 64.6 Å². The van der Waals surface area contributed by atoms with Crippen molar-refractivity contribution in [1.29, 1.82) is 0 Å². The zero-order valence-electron chi connectivity index (χ0n) is 13.8. The molecule has 3 rings (SSSR count). The van der Waals surface area contributed by atoms with Gasteiger partial charge in [0.1, 0.15) is 5.75 Å². The molecule has 0 bridgehead atoms. The zero-order chi connectivity index (χ0) is 18.7. The first-order valence-corrected chi connectivity index (χ1v) is 9.05. The predicted octanol–water partition coefficient (Wildman–Crippen LogP) is 2.85. The largest absolute Gasteiger partial charge is 0.545 e. The van der Waals surface area contributed by atoms with Gasteiger partial charge in [0.05, 0.1) is 23.2 Å². The summed E-state index contributed by atoms with van der Waals surface area (Å²) in [6, 6.07) is 13.4. The average molecular weight is 384 g/mol. The summed E-state index contributed by atoms with van der Waals surface area (Å²) in [6.07, 6.45) is 1.73. The van der Waals surface area contributed by atoms with Crippen molar-refractivity contribution in [2.75, 3.05) is 11.5 Å². The van der Waals surface area contributed by atoms with Crippen LogP contribution in [0.3, 0.4) is 0 Å². The summed E-state index contributed by atoms with van der Waals surface area (Å²) >= 11 is 6.48. The maximum Gasteiger partial charge on any atom is 0.270 e. The van der Waals surface area contributed by atoms with Crippen LogP contribution in [0.15, 0.2) is 53.4 Å². The second-order valence-electron chi connectivity index (χ2n) is 5.33. The highest BCUT2D eigenvalue weighted by molar-refractivity contribution is 8.27. The van der Waals surface area contributed by atoms with Crippen molar-refractivity contribution in [1.82, 2.24) is 0 Å². The first-order chi connectivity index (χ1) is 12.5. The molecule has 0 spiro atoms. The van der Waals surface area contributed by atoms with E-state index in [2.05, 4.69) is 0 Å². The number of para-hydroxylation sites is 1. The summed E-state index contributed by atoms with van der Waals surface area (Å²) in [4.78, 5) is 25.6. The van der Waals surface area contributed by atoms with E-state index in [4.69, 9.17) is 17.0 Å². The van der Waals surface area contributed by atoms with Crippen molar-refractivity contribution in [3.63, 3.8) is 0 Å². The molecule has 0 radical (unpaired) electrons. The Kier molecular flexibility index (Phi) is 5.39. The number of hydrogen-bond acceptors (Lipinski definition) is 6.